The Hall–Kier alpha value is -3.16. The van der Waals surface area contributed by atoms with Gasteiger partial charge in [0, 0.05) is 28.3 Å². The highest BCUT2D eigenvalue weighted by molar-refractivity contribution is 6.36. The first-order chi connectivity index (χ1) is 12.9. The van der Waals surface area contributed by atoms with Crippen molar-refractivity contribution in [1.29, 1.82) is 0 Å². The van der Waals surface area contributed by atoms with Gasteiger partial charge in [-0.1, -0.05) is 41.4 Å². The molecule has 3 aromatic rings. The lowest BCUT2D eigenvalue weighted by molar-refractivity contribution is -0.384. The van der Waals surface area contributed by atoms with Crippen molar-refractivity contribution in [2.45, 2.75) is 0 Å². The van der Waals surface area contributed by atoms with E-state index in [4.69, 9.17) is 23.2 Å². The molecule has 0 radical (unpaired) electrons. The molecule has 2 N–H and O–H groups in total. The molecular weight excluding hydrogens is 393 g/mol. The second kappa shape index (κ2) is 7.61. The second-order valence-electron chi connectivity index (χ2n) is 5.43. The average Bonchev–Trinajstić information content (AvgIpc) is 2.61. The van der Waals surface area contributed by atoms with Crippen LogP contribution in [0, 0.1) is 10.1 Å². The number of aromatic hydroxyl groups is 2. The first-order valence-corrected chi connectivity index (χ1v) is 8.29. The molecule has 0 spiro atoms. The SMILES string of the molecule is O=[N+]([O-])c1cc(Cl)cc(Cl)c1N=Nc1ccccc1-c1ccc(O)cc1O. The summed E-state index contributed by atoms with van der Waals surface area (Å²) >= 11 is 11.8. The Labute approximate surface area is 163 Å². The maximum Gasteiger partial charge on any atom is 0.299 e. The van der Waals surface area contributed by atoms with Gasteiger partial charge in [0.2, 0.25) is 0 Å². The van der Waals surface area contributed by atoms with Gasteiger partial charge in [0.25, 0.3) is 5.69 Å². The van der Waals surface area contributed by atoms with Gasteiger partial charge in [0.1, 0.15) is 11.5 Å². The number of hydrogen-bond donors (Lipinski definition) is 2. The van der Waals surface area contributed by atoms with E-state index in [1.54, 1.807) is 24.3 Å². The van der Waals surface area contributed by atoms with Crippen molar-refractivity contribution in [3.8, 4) is 22.6 Å². The fourth-order valence-electron chi connectivity index (χ4n) is 2.43. The Morgan fingerprint density at radius 1 is 0.926 bits per heavy atom. The summed E-state index contributed by atoms with van der Waals surface area (Å²) in [5.74, 6) is -0.230. The van der Waals surface area contributed by atoms with E-state index in [1.165, 1.54) is 24.3 Å². The summed E-state index contributed by atoms with van der Waals surface area (Å²) < 4.78 is 0. The predicted molar refractivity (Wildman–Crippen MR) is 102 cm³/mol. The second-order valence-corrected chi connectivity index (χ2v) is 6.27. The first kappa shape index (κ1) is 18.6. The number of hydrogen-bond acceptors (Lipinski definition) is 6. The van der Waals surface area contributed by atoms with E-state index < -0.39 is 4.92 Å². The first-order valence-electron chi connectivity index (χ1n) is 7.53. The van der Waals surface area contributed by atoms with E-state index >= 15 is 0 Å². The molecule has 0 amide bonds. The number of halogens is 2. The van der Waals surface area contributed by atoms with E-state index in [-0.39, 0.29) is 32.9 Å². The molecule has 0 aliphatic rings. The summed E-state index contributed by atoms with van der Waals surface area (Å²) in [6.45, 7) is 0. The number of nitro groups is 1. The van der Waals surface area contributed by atoms with Gasteiger partial charge in [-0.25, -0.2) is 0 Å². The smallest absolute Gasteiger partial charge is 0.299 e. The molecule has 0 aromatic heterocycles. The molecule has 0 aliphatic heterocycles. The highest BCUT2D eigenvalue weighted by Gasteiger charge is 2.19. The van der Waals surface area contributed by atoms with Gasteiger partial charge in [0.15, 0.2) is 5.69 Å². The topological polar surface area (TPSA) is 108 Å². The highest BCUT2D eigenvalue weighted by atomic mass is 35.5. The van der Waals surface area contributed by atoms with Crippen LogP contribution in [0.2, 0.25) is 10.0 Å². The maximum absolute atomic E-state index is 11.2. The zero-order valence-electron chi connectivity index (χ0n) is 13.5. The van der Waals surface area contributed by atoms with Crippen molar-refractivity contribution in [1.82, 2.24) is 0 Å². The zero-order chi connectivity index (χ0) is 19.6. The summed E-state index contributed by atoms with van der Waals surface area (Å²) in [5, 5.41) is 38.9. The van der Waals surface area contributed by atoms with E-state index in [2.05, 4.69) is 10.2 Å². The number of azo groups is 1. The lowest BCUT2D eigenvalue weighted by atomic mass is 10.0. The Balaban J connectivity index is 2.09. The molecule has 0 fully saturated rings. The maximum atomic E-state index is 11.2. The van der Waals surface area contributed by atoms with Gasteiger partial charge in [-0.2, -0.15) is 0 Å². The number of benzene rings is 3. The van der Waals surface area contributed by atoms with Gasteiger partial charge >= 0.3 is 0 Å². The summed E-state index contributed by atoms with van der Waals surface area (Å²) in [6, 6.07) is 13.4. The van der Waals surface area contributed by atoms with Crippen LogP contribution in [0.3, 0.4) is 0 Å². The number of phenolic OH excluding ortho intramolecular Hbond substituents is 2. The molecule has 0 heterocycles. The Morgan fingerprint density at radius 2 is 1.67 bits per heavy atom. The number of rotatable bonds is 4. The number of nitrogens with zero attached hydrogens (tertiary/aromatic N) is 3. The molecule has 0 unspecified atom stereocenters. The molecule has 136 valence electrons. The third-order valence-corrected chi connectivity index (χ3v) is 4.14. The minimum atomic E-state index is -0.649. The summed E-state index contributed by atoms with van der Waals surface area (Å²) in [5.41, 5.74) is 0.779. The van der Waals surface area contributed by atoms with Crippen molar-refractivity contribution in [2.75, 3.05) is 0 Å². The van der Waals surface area contributed by atoms with Crippen LogP contribution in [0.15, 0.2) is 64.8 Å². The predicted octanol–water partition coefficient (Wildman–Crippen LogP) is 6.40. The van der Waals surface area contributed by atoms with Gasteiger partial charge in [-0.3, -0.25) is 10.1 Å². The summed E-state index contributed by atoms with van der Waals surface area (Å²) in [6.07, 6.45) is 0. The van der Waals surface area contributed by atoms with E-state index in [0.717, 1.165) is 6.07 Å². The third-order valence-electron chi connectivity index (χ3n) is 3.64. The molecule has 7 nitrogen and oxygen atoms in total. The fraction of sp³-hybridized carbons (Fsp3) is 0. The lowest BCUT2D eigenvalue weighted by Gasteiger charge is -2.08. The summed E-state index contributed by atoms with van der Waals surface area (Å²) in [7, 11) is 0. The van der Waals surface area contributed by atoms with E-state index in [9.17, 15) is 20.3 Å². The molecule has 0 atom stereocenters. The van der Waals surface area contributed by atoms with Crippen LogP contribution >= 0.6 is 23.2 Å². The minimum Gasteiger partial charge on any atom is -0.508 e. The Morgan fingerprint density at radius 3 is 2.37 bits per heavy atom. The van der Waals surface area contributed by atoms with Crippen LogP contribution < -0.4 is 0 Å². The van der Waals surface area contributed by atoms with Gasteiger partial charge < -0.3 is 10.2 Å². The summed E-state index contributed by atoms with van der Waals surface area (Å²) in [4.78, 5) is 10.6. The molecule has 9 heteroatoms. The molecule has 27 heavy (non-hydrogen) atoms. The van der Waals surface area contributed by atoms with Gasteiger partial charge in [-0.15, -0.1) is 10.2 Å². The van der Waals surface area contributed by atoms with Crippen LogP contribution in [-0.2, 0) is 0 Å². The minimum absolute atomic E-state index is 0.0112. The highest BCUT2D eigenvalue weighted by Crippen LogP contribution is 2.41. The molecule has 3 aromatic carbocycles. The van der Waals surface area contributed by atoms with Crippen LogP contribution in [-0.4, -0.2) is 15.1 Å². The monoisotopic (exact) mass is 403 g/mol. The van der Waals surface area contributed by atoms with Crippen molar-refractivity contribution in [3.05, 3.63) is 74.8 Å². The number of nitro benzene ring substituents is 1. The van der Waals surface area contributed by atoms with Crippen molar-refractivity contribution in [3.63, 3.8) is 0 Å². The van der Waals surface area contributed by atoms with Gasteiger partial charge in [0.05, 0.1) is 15.6 Å². The molecular formula is C18H11Cl2N3O4. The number of phenols is 2. The lowest BCUT2D eigenvalue weighted by Crippen LogP contribution is -1.89. The third kappa shape index (κ3) is 3.99. The van der Waals surface area contributed by atoms with Crippen LogP contribution in [0.4, 0.5) is 17.1 Å². The van der Waals surface area contributed by atoms with Crippen molar-refractivity contribution < 1.29 is 15.1 Å². The normalized spacial score (nSPS) is 11.0. The standard InChI is InChI=1S/C18H11Cl2N3O4/c19-10-7-14(20)18(16(8-10)23(26)27)22-21-15-4-2-1-3-12(15)13-6-5-11(24)9-17(13)25/h1-9,24-25H. The van der Waals surface area contributed by atoms with E-state index in [1.807, 2.05) is 0 Å². The fourth-order valence-corrected chi connectivity index (χ4v) is 2.95. The molecule has 0 aliphatic carbocycles. The van der Waals surface area contributed by atoms with Crippen LogP contribution in [0.1, 0.15) is 0 Å². The van der Waals surface area contributed by atoms with Crippen LogP contribution in [0.5, 0.6) is 11.5 Å². The Kier molecular flexibility index (Phi) is 5.25. The van der Waals surface area contributed by atoms with Crippen molar-refractivity contribution in [2.24, 2.45) is 10.2 Å². The van der Waals surface area contributed by atoms with Crippen LogP contribution in [0.25, 0.3) is 11.1 Å². The average molecular weight is 404 g/mol. The zero-order valence-corrected chi connectivity index (χ0v) is 15.0. The van der Waals surface area contributed by atoms with E-state index in [0.29, 0.717) is 16.8 Å². The van der Waals surface area contributed by atoms with Gasteiger partial charge in [-0.05, 0) is 24.3 Å². The molecule has 0 saturated heterocycles. The largest absolute Gasteiger partial charge is 0.508 e. The quantitative estimate of drug-likeness (QED) is 0.298. The van der Waals surface area contributed by atoms with Crippen molar-refractivity contribution >= 4 is 40.3 Å². The Bertz CT molecular complexity index is 1070. The molecule has 0 bridgehead atoms. The molecule has 3 rings (SSSR count). The molecule has 0 saturated carbocycles.